The summed E-state index contributed by atoms with van der Waals surface area (Å²) in [5.41, 5.74) is 8.94. The third-order valence-corrected chi connectivity index (χ3v) is 3.48. The molecule has 0 radical (unpaired) electrons. The second-order valence-corrected chi connectivity index (χ2v) is 5.31. The van der Waals surface area contributed by atoms with Crippen molar-refractivity contribution >= 4 is 32.9 Å². The fourth-order valence-electron chi connectivity index (χ4n) is 2.11. The summed E-state index contributed by atoms with van der Waals surface area (Å²) in [5, 5.41) is 0. The zero-order valence-corrected chi connectivity index (χ0v) is 11.8. The van der Waals surface area contributed by atoms with E-state index in [4.69, 9.17) is 5.73 Å². The SMILES string of the molecule is Cc1ccc2nc(N)n(-c3cc(Br)ccc3F)c2c1. The maximum absolute atomic E-state index is 14.0. The van der Waals surface area contributed by atoms with Gasteiger partial charge in [0.05, 0.1) is 16.7 Å². The predicted octanol–water partition coefficient (Wildman–Crippen LogP) is 3.82. The largest absolute Gasteiger partial charge is 0.369 e. The van der Waals surface area contributed by atoms with Crippen LogP contribution in [0, 0.1) is 12.7 Å². The van der Waals surface area contributed by atoms with E-state index in [1.807, 2.05) is 25.1 Å². The van der Waals surface area contributed by atoms with Gasteiger partial charge in [0.15, 0.2) is 0 Å². The molecule has 3 rings (SSSR count). The molecule has 3 aromatic rings. The normalized spacial score (nSPS) is 11.1. The Hall–Kier alpha value is -1.88. The number of imidazole rings is 1. The third kappa shape index (κ3) is 2.00. The van der Waals surface area contributed by atoms with E-state index in [1.165, 1.54) is 6.07 Å². The summed E-state index contributed by atoms with van der Waals surface area (Å²) in [6, 6.07) is 10.5. The highest BCUT2D eigenvalue weighted by Gasteiger charge is 2.13. The first kappa shape index (κ1) is 12.2. The van der Waals surface area contributed by atoms with Gasteiger partial charge < -0.3 is 5.73 Å². The first-order chi connectivity index (χ1) is 9.06. The van der Waals surface area contributed by atoms with E-state index in [9.17, 15) is 4.39 Å². The van der Waals surface area contributed by atoms with Crippen LogP contribution in [0.3, 0.4) is 0 Å². The van der Waals surface area contributed by atoms with Crippen molar-refractivity contribution in [2.45, 2.75) is 6.92 Å². The Kier molecular flexibility index (Phi) is 2.78. The maximum Gasteiger partial charge on any atom is 0.206 e. The number of fused-ring (bicyclic) bond motifs is 1. The van der Waals surface area contributed by atoms with Crippen molar-refractivity contribution in [2.24, 2.45) is 0 Å². The topological polar surface area (TPSA) is 43.8 Å². The van der Waals surface area contributed by atoms with E-state index in [2.05, 4.69) is 20.9 Å². The van der Waals surface area contributed by atoms with Gasteiger partial charge in [0.1, 0.15) is 5.82 Å². The lowest BCUT2D eigenvalue weighted by Gasteiger charge is -2.08. The molecule has 96 valence electrons. The lowest BCUT2D eigenvalue weighted by Crippen LogP contribution is -2.03. The molecule has 3 nitrogen and oxygen atoms in total. The molecule has 1 aromatic heterocycles. The van der Waals surface area contributed by atoms with Gasteiger partial charge in [-0.1, -0.05) is 22.0 Å². The number of anilines is 1. The zero-order chi connectivity index (χ0) is 13.6. The predicted molar refractivity (Wildman–Crippen MR) is 77.9 cm³/mol. The van der Waals surface area contributed by atoms with Gasteiger partial charge in [-0.15, -0.1) is 0 Å². The summed E-state index contributed by atoms with van der Waals surface area (Å²) in [6.07, 6.45) is 0. The molecule has 1 heterocycles. The highest BCUT2D eigenvalue weighted by atomic mass is 79.9. The molecule has 19 heavy (non-hydrogen) atoms. The van der Waals surface area contributed by atoms with E-state index in [1.54, 1.807) is 16.7 Å². The Morgan fingerprint density at radius 1 is 1.21 bits per heavy atom. The summed E-state index contributed by atoms with van der Waals surface area (Å²) in [6.45, 7) is 1.98. The standard InChI is InChI=1S/C14H11BrFN3/c1-8-2-5-11-13(6-8)19(14(17)18-11)12-7-9(15)3-4-10(12)16/h2-7H,1H3,(H2,17,18). The van der Waals surface area contributed by atoms with Crippen LogP contribution in [0.25, 0.3) is 16.7 Å². The quantitative estimate of drug-likeness (QED) is 0.741. The number of nitrogen functional groups attached to an aromatic ring is 1. The van der Waals surface area contributed by atoms with E-state index in [-0.39, 0.29) is 11.8 Å². The van der Waals surface area contributed by atoms with Gasteiger partial charge in [0.2, 0.25) is 5.95 Å². The molecule has 0 unspecified atom stereocenters. The molecular weight excluding hydrogens is 309 g/mol. The van der Waals surface area contributed by atoms with E-state index in [0.29, 0.717) is 5.69 Å². The Labute approximate surface area is 118 Å². The van der Waals surface area contributed by atoms with Gasteiger partial charge >= 0.3 is 0 Å². The lowest BCUT2D eigenvalue weighted by molar-refractivity contribution is 0.619. The van der Waals surface area contributed by atoms with Gasteiger partial charge in [-0.3, -0.25) is 4.57 Å². The van der Waals surface area contributed by atoms with Gasteiger partial charge in [0, 0.05) is 4.47 Å². The highest BCUT2D eigenvalue weighted by molar-refractivity contribution is 9.10. The number of rotatable bonds is 1. The molecule has 0 fully saturated rings. The minimum absolute atomic E-state index is 0.276. The molecule has 0 aliphatic carbocycles. The highest BCUT2D eigenvalue weighted by Crippen LogP contribution is 2.27. The molecule has 5 heteroatoms. The summed E-state index contributed by atoms with van der Waals surface area (Å²) in [7, 11) is 0. The van der Waals surface area contributed by atoms with E-state index < -0.39 is 0 Å². The number of halogens is 2. The van der Waals surface area contributed by atoms with Crippen molar-refractivity contribution in [1.29, 1.82) is 0 Å². The first-order valence-corrected chi connectivity index (χ1v) is 6.55. The van der Waals surface area contributed by atoms with Crippen LogP contribution in [-0.4, -0.2) is 9.55 Å². The van der Waals surface area contributed by atoms with Crippen molar-refractivity contribution in [1.82, 2.24) is 9.55 Å². The van der Waals surface area contributed by atoms with Crippen LogP contribution in [0.15, 0.2) is 40.9 Å². The van der Waals surface area contributed by atoms with Crippen LogP contribution in [0.1, 0.15) is 5.56 Å². The van der Waals surface area contributed by atoms with Crippen LogP contribution in [0.2, 0.25) is 0 Å². The Bertz CT molecular complexity index is 780. The molecule has 0 amide bonds. The second kappa shape index (κ2) is 4.35. The summed E-state index contributed by atoms with van der Waals surface area (Å²) < 4.78 is 16.4. The molecule has 0 aliphatic rings. The third-order valence-electron chi connectivity index (χ3n) is 2.99. The molecule has 2 N–H and O–H groups in total. The van der Waals surface area contributed by atoms with E-state index in [0.717, 1.165) is 21.1 Å². The van der Waals surface area contributed by atoms with Crippen LogP contribution >= 0.6 is 15.9 Å². The molecule has 0 aliphatic heterocycles. The minimum atomic E-state index is -0.337. The van der Waals surface area contributed by atoms with Gasteiger partial charge in [-0.05, 0) is 42.8 Å². The minimum Gasteiger partial charge on any atom is -0.369 e. The smallest absolute Gasteiger partial charge is 0.206 e. The maximum atomic E-state index is 14.0. The molecule has 0 saturated carbocycles. The molecule has 0 atom stereocenters. The van der Waals surface area contributed by atoms with Crippen molar-refractivity contribution in [3.05, 3.63) is 52.3 Å². The second-order valence-electron chi connectivity index (χ2n) is 4.39. The lowest BCUT2D eigenvalue weighted by atomic mass is 10.2. The fraction of sp³-hybridized carbons (Fsp3) is 0.0714. The molecular formula is C14H11BrFN3. The fourth-order valence-corrected chi connectivity index (χ4v) is 2.46. The van der Waals surface area contributed by atoms with Crippen LogP contribution in [0.4, 0.5) is 10.3 Å². The Balaban J connectivity index is 2.38. The molecule has 0 bridgehead atoms. The van der Waals surface area contributed by atoms with Crippen LogP contribution < -0.4 is 5.73 Å². The van der Waals surface area contributed by atoms with Gasteiger partial charge in [-0.25, -0.2) is 9.37 Å². The van der Waals surface area contributed by atoms with Crippen LogP contribution in [0.5, 0.6) is 0 Å². The monoisotopic (exact) mass is 319 g/mol. The van der Waals surface area contributed by atoms with Crippen molar-refractivity contribution in [3.63, 3.8) is 0 Å². The van der Waals surface area contributed by atoms with Crippen molar-refractivity contribution < 1.29 is 4.39 Å². The number of aromatic nitrogens is 2. The van der Waals surface area contributed by atoms with Crippen molar-refractivity contribution in [2.75, 3.05) is 5.73 Å². The Morgan fingerprint density at radius 2 is 2.00 bits per heavy atom. The molecule has 0 spiro atoms. The number of aryl methyl sites for hydroxylation is 1. The number of nitrogens with zero attached hydrogens (tertiary/aromatic N) is 2. The number of hydrogen-bond acceptors (Lipinski definition) is 2. The summed E-state index contributed by atoms with van der Waals surface area (Å²) in [4.78, 5) is 4.26. The Morgan fingerprint density at radius 3 is 2.79 bits per heavy atom. The zero-order valence-electron chi connectivity index (χ0n) is 10.2. The number of benzene rings is 2. The molecule has 0 saturated heterocycles. The summed E-state index contributed by atoms with van der Waals surface area (Å²) >= 11 is 3.34. The number of hydrogen-bond donors (Lipinski definition) is 1. The first-order valence-electron chi connectivity index (χ1n) is 5.76. The van der Waals surface area contributed by atoms with Gasteiger partial charge in [0.25, 0.3) is 0 Å². The molecule has 2 aromatic carbocycles. The van der Waals surface area contributed by atoms with Gasteiger partial charge in [-0.2, -0.15) is 0 Å². The van der Waals surface area contributed by atoms with Crippen molar-refractivity contribution in [3.8, 4) is 5.69 Å². The van der Waals surface area contributed by atoms with Crippen LogP contribution in [-0.2, 0) is 0 Å². The average Bonchev–Trinajstić information content (AvgIpc) is 2.68. The summed E-state index contributed by atoms with van der Waals surface area (Å²) in [5.74, 6) is -0.0618. The number of nitrogens with two attached hydrogens (primary N) is 1. The van der Waals surface area contributed by atoms with E-state index >= 15 is 0 Å². The average molecular weight is 320 g/mol.